The largest absolute Gasteiger partial charge is 0.465 e. The van der Waals surface area contributed by atoms with Crippen LogP contribution < -0.4 is 0 Å². The number of nitrogens with zero attached hydrogens (tertiary/aromatic N) is 2. The van der Waals surface area contributed by atoms with E-state index in [4.69, 9.17) is 4.74 Å². The van der Waals surface area contributed by atoms with Crippen LogP contribution in [0, 0.1) is 0 Å². The van der Waals surface area contributed by atoms with Gasteiger partial charge in [-0.25, -0.2) is 4.98 Å². The zero-order chi connectivity index (χ0) is 16.2. The van der Waals surface area contributed by atoms with Gasteiger partial charge in [0.1, 0.15) is 11.7 Å². The summed E-state index contributed by atoms with van der Waals surface area (Å²) < 4.78 is 5.19. The van der Waals surface area contributed by atoms with Gasteiger partial charge in [0, 0.05) is 30.9 Å². The smallest absolute Gasteiger partial charge is 0.323 e. The number of H-pyrrole nitrogens is 1. The average molecular weight is 313 g/mol. The normalized spacial score (nSPS) is 17.0. The van der Waals surface area contributed by atoms with E-state index in [0.29, 0.717) is 6.61 Å². The SMILES string of the molecule is CCOC(=O)C(CC)N1CC=C(c2ccnc3[nH]ccc23)CC1. The van der Waals surface area contributed by atoms with E-state index in [0.717, 1.165) is 37.0 Å². The monoisotopic (exact) mass is 313 g/mol. The van der Waals surface area contributed by atoms with Gasteiger partial charge < -0.3 is 9.72 Å². The molecule has 1 N–H and O–H groups in total. The molecule has 0 aliphatic carbocycles. The molecular weight excluding hydrogens is 290 g/mol. The van der Waals surface area contributed by atoms with Crippen LogP contribution in [0.4, 0.5) is 0 Å². The molecule has 5 nitrogen and oxygen atoms in total. The Bertz CT molecular complexity index is 720. The van der Waals surface area contributed by atoms with Gasteiger partial charge in [-0.05, 0) is 43.0 Å². The number of aromatic amines is 1. The molecule has 0 radical (unpaired) electrons. The van der Waals surface area contributed by atoms with E-state index in [1.807, 2.05) is 26.2 Å². The number of fused-ring (bicyclic) bond motifs is 1. The lowest BCUT2D eigenvalue weighted by Gasteiger charge is -2.32. The third-order valence-electron chi connectivity index (χ3n) is 4.43. The molecule has 0 saturated heterocycles. The van der Waals surface area contributed by atoms with E-state index in [1.54, 1.807) is 0 Å². The molecule has 0 aromatic carbocycles. The lowest BCUT2D eigenvalue weighted by Crippen LogP contribution is -2.43. The van der Waals surface area contributed by atoms with Gasteiger partial charge in [-0.15, -0.1) is 0 Å². The molecule has 3 rings (SSSR count). The number of nitrogens with one attached hydrogen (secondary N) is 1. The molecule has 1 unspecified atom stereocenters. The second kappa shape index (κ2) is 6.96. The molecule has 0 fully saturated rings. The number of carbonyl (C=O) groups excluding carboxylic acids is 1. The highest BCUT2D eigenvalue weighted by Gasteiger charge is 2.27. The van der Waals surface area contributed by atoms with Crippen molar-refractivity contribution in [2.75, 3.05) is 19.7 Å². The van der Waals surface area contributed by atoms with Crippen LogP contribution in [0.15, 0.2) is 30.6 Å². The van der Waals surface area contributed by atoms with Crippen molar-refractivity contribution in [3.8, 4) is 0 Å². The zero-order valence-electron chi connectivity index (χ0n) is 13.7. The summed E-state index contributed by atoms with van der Waals surface area (Å²) in [6, 6.07) is 4.00. The van der Waals surface area contributed by atoms with Crippen molar-refractivity contribution >= 4 is 22.6 Å². The quantitative estimate of drug-likeness (QED) is 0.862. The molecule has 5 heteroatoms. The van der Waals surface area contributed by atoms with Crippen molar-refractivity contribution in [2.24, 2.45) is 0 Å². The van der Waals surface area contributed by atoms with Crippen molar-refractivity contribution in [3.05, 3.63) is 36.2 Å². The van der Waals surface area contributed by atoms with Crippen LogP contribution in [0.2, 0.25) is 0 Å². The first-order valence-electron chi connectivity index (χ1n) is 8.26. The van der Waals surface area contributed by atoms with E-state index >= 15 is 0 Å². The number of hydrogen-bond acceptors (Lipinski definition) is 4. The molecule has 2 aromatic rings. The van der Waals surface area contributed by atoms with Crippen molar-refractivity contribution < 1.29 is 9.53 Å². The predicted molar refractivity (Wildman–Crippen MR) is 91.0 cm³/mol. The minimum atomic E-state index is -0.141. The maximum absolute atomic E-state index is 12.1. The summed E-state index contributed by atoms with van der Waals surface area (Å²) in [5, 5.41) is 1.16. The van der Waals surface area contributed by atoms with Gasteiger partial charge in [0.05, 0.1) is 6.61 Å². The highest BCUT2D eigenvalue weighted by molar-refractivity contribution is 5.90. The summed E-state index contributed by atoms with van der Waals surface area (Å²) >= 11 is 0. The topological polar surface area (TPSA) is 58.2 Å². The average Bonchev–Trinajstić information content (AvgIpc) is 3.05. The number of carbonyl (C=O) groups is 1. The van der Waals surface area contributed by atoms with E-state index < -0.39 is 0 Å². The van der Waals surface area contributed by atoms with E-state index in [2.05, 4.69) is 33.1 Å². The first-order chi connectivity index (χ1) is 11.2. The highest BCUT2D eigenvalue weighted by atomic mass is 16.5. The van der Waals surface area contributed by atoms with Crippen LogP contribution in [0.5, 0.6) is 0 Å². The second-order valence-electron chi connectivity index (χ2n) is 5.75. The van der Waals surface area contributed by atoms with Gasteiger partial charge in [0.2, 0.25) is 0 Å². The highest BCUT2D eigenvalue weighted by Crippen LogP contribution is 2.28. The Kier molecular flexibility index (Phi) is 4.76. The summed E-state index contributed by atoms with van der Waals surface area (Å²) in [4.78, 5) is 21.8. The Hall–Kier alpha value is -2.14. The molecule has 0 saturated carbocycles. The molecule has 3 heterocycles. The van der Waals surface area contributed by atoms with E-state index in [-0.39, 0.29) is 12.0 Å². The lowest BCUT2D eigenvalue weighted by atomic mass is 9.97. The van der Waals surface area contributed by atoms with Crippen LogP contribution in [0.25, 0.3) is 16.6 Å². The molecule has 0 bridgehead atoms. The van der Waals surface area contributed by atoms with Crippen molar-refractivity contribution in [2.45, 2.75) is 32.7 Å². The number of ether oxygens (including phenoxy) is 1. The van der Waals surface area contributed by atoms with Gasteiger partial charge in [-0.3, -0.25) is 9.69 Å². The van der Waals surface area contributed by atoms with E-state index in [9.17, 15) is 4.79 Å². The summed E-state index contributed by atoms with van der Waals surface area (Å²) in [5.74, 6) is -0.108. The number of rotatable bonds is 5. The summed E-state index contributed by atoms with van der Waals surface area (Å²) in [6.45, 7) is 5.97. The molecule has 122 valence electrons. The fourth-order valence-electron chi connectivity index (χ4n) is 3.27. The Labute approximate surface area is 136 Å². The minimum absolute atomic E-state index is 0.108. The lowest BCUT2D eigenvalue weighted by molar-refractivity contribution is -0.149. The van der Waals surface area contributed by atoms with Gasteiger partial charge in [0.25, 0.3) is 0 Å². The summed E-state index contributed by atoms with van der Waals surface area (Å²) in [7, 11) is 0. The molecule has 1 atom stereocenters. The Balaban J connectivity index is 1.78. The number of aromatic nitrogens is 2. The Morgan fingerprint density at radius 2 is 2.30 bits per heavy atom. The molecule has 23 heavy (non-hydrogen) atoms. The van der Waals surface area contributed by atoms with Gasteiger partial charge in [0.15, 0.2) is 0 Å². The minimum Gasteiger partial charge on any atom is -0.465 e. The van der Waals surface area contributed by atoms with Gasteiger partial charge in [-0.1, -0.05) is 13.0 Å². The molecule has 0 spiro atoms. The molecule has 2 aromatic heterocycles. The maximum Gasteiger partial charge on any atom is 0.323 e. The van der Waals surface area contributed by atoms with Gasteiger partial charge >= 0.3 is 5.97 Å². The number of esters is 1. The second-order valence-corrected chi connectivity index (χ2v) is 5.75. The molecule has 0 amide bonds. The molecule has 1 aliphatic heterocycles. The Morgan fingerprint density at radius 1 is 1.43 bits per heavy atom. The first kappa shape index (κ1) is 15.7. The first-order valence-corrected chi connectivity index (χ1v) is 8.26. The van der Waals surface area contributed by atoms with Crippen LogP contribution >= 0.6 is 0 Å². The zero-order valence-corrected chi connectivity index (χ0v) is 13.7. The van der Waals surface area contributed by atoms with Crippen LogP contribution in [-0.2, 0) is 9.53 Å². The van der Waals surface area contributed by atoms with Crippen molar-refractivity contribution in [3.63, 3.8) is 0 Å². The van der Waals surface area contributed by atoms with Gasteiger partial charge in [-0.2, -0.15) is 0 Å². The molecule has 1 aliphatic rings. The number of hydrogen-bond donors (Lipinski definition) is 1. The predicted octanol–water partition coefficient (Wildman–Crippen LogP) is 2.99. The Morgan fingerprint density at radius 3 is 3.00 bits per heavy atom. The summed E-state index contributed by atoms with van der Waals surface area (Å²) in [6.07, 6.45) is 7.70. The van der Waals surface area contributed by atoms with Crippen LogP contribution in [0.3, 0.4) is 0 Å². The number of pyridine rings is 1. The molecular formula is C18H23N3O2. The van der Waals surface area contributed by atoms with Crippen molar-refractivity contribution in [1.82, 2.24) is 14.9 Å². The summed E-state index contributed by atoms with van der Waals surface area (Å²) in [5.41, 5.74) is 3.48. The third-order valence-corrected chi connectivity index (χ3v) is 4.43. The fourth-order valence-corrected chi connectivity index (χ4v) is 3.27. The van der Waals surface area contributed by atoms with Crippen LogP contribution in [-0.4, -0.2) is 46.6 Å². The van der Waals surface area contributed by atoms with E-state index in [1.165, 1.54) is 11.1 Å². The van der Waals surface area contributed by atoms with Crippen LogP contribution in [0.1, 0.15) is 32.3 Å². The fraction of sp³-hybridized carbons (Fsp3) is 0.444. The third kappa shape index (κ3) is 3.15. The maximum atomic E-state index is 12.1. The van der Waals surface area contributed by atoms with Crippen molar-refractivity contribution in [1.29, 1.82) is 0 Å². The standard InChI is InChI=1S/C18H23N3O2/c1-3-16(18(22)23-4-2)21-11-7-13(8-12-21)14-5-9-19-17-15(14)6-10-20-17/h5-7,9-10,16H,3-4,8,11-12H2,1-2H3,(H,19,20).